The van der Waals surface area contributed by atoms with Crippen LogP contribution in [-0.4, -0.2) is 58.6 Å². The average molecular weight is 296 g/mol. The Labute approximate surface area is 122 Å². The van der Waals surface area contributed by atoms with E-state index in [0.29, 0.717) is 38.2 Å². The van der Waals surface area contributed by atoms with Crippen LogP contribution in [0, 0.1) is 5.92 Å². The molecule has 0 radical (unpaired) electrons. The summed E-state index contributed by atoms with van der Waals surface area (Å²) in [5.41, 5.74) is 0.591. The van der Waals surface area contributed by atoms with Gasteiger partial charge in [-0.3, -0.25) is 9.48 Å². The Hall–Kier alpha value is -2.09. The van der Waals surface area contributed by atoms with Crippen LogP contribution in [-0.2, 0) is 16.1 Å². The van der Waals surface area contributed by atoms with Crippen molar-refractivity contribution in [1.82, 2.24) is 14.7 Å². The monoisotopic (exact) mass is 296 g/mol. The van der Waals surface area contributed by atoms with E-state index in [4.69, 9.17) is 9.84 Å². The van der Waals surface area contributed by atoms with Crippen molar-refractivity contribution in [3.63, 3.8) is 0 Å². The van der Waals surface area contributed by atoms with Crippen LogP contribution in [0.15, 0.2) is 12.4 Å². The summed E-state index contributed by atoms with van der Waals surface area (Å²) in [5, 5.41) is 15.9. The minimum Gasteiger partial charge on any atom is -0.481 e. The lowest BCUT2D eigenvalue weighted by Gasteiger charge is -2.30. The number of hydrogen-bond donors (Lipinski definition) is 2. The summed E-state index contributed by atoms with van der Waals surface area (Å²) < 4.78 is 6.63. The maximum absolute atomic E-state index is 12.1. The molecular formula is C13H20N4O4. The Morgan fingerprint density at radius 3 is 3.10 bits per heavy atom. The summed E-state index contributed by atoms with van der Waals surface area (Å²) in [6, 6.07) is -0.285. The molecule has 1 saturated heterocycles. The molecular weight excluding hydrogens is 276 g/mol. The highest BCUT2D eigenvalue weighted by Crippen LogP contribution is 2.17. The SMILES string of the molecule is COCCn1cc(NC(=O)N2CCC[C@H](C(=O)O)C2)cn1. The Morgan fingerprint density at radius 2 is 2.38 bits per heavy atom. The van der Waals surface area contributed by atoms with Crippen molar-refractivity contribution < 1.29 is 19.4 Å². The van der Waals surface area contributed by atoms with E-state index >= 15 is 0 Å². The molecule has 0 saturated carbocycles. The molecule has 1 atom stereocenters. The molecule has 8 heteroatoms. The number of nitrogens with zero attached hydrogens (tertiary/aromatic N) is 3. The number of carbonyl (C=O) groups is 2. The van der Waals surface area contributed by atoms with Gasteiger partial charge in [-0.1, -0.05) is 0 Å². The molecule has 21 heavy (non-hydrogen) atoms. The molecule has 0 aliphatic carbocycles. The van der Waals surface area contributed by atoms with E-state index in [1.807, 2.05) is 0 Å². The van der Waals surface area contributed by atoms with Crippen molar-refractivity contribution in [3.05, 3.63) is 12.4 Å². The highest BCUT2D eigenvalue weighted by Gasteiger charge is 2.28. The third-order valence-corrected chi connectivity index (χ3v) is 3.47. The molecule has 1 aliphatic rings. The molecule has 0 bridgehead atoms. The second-order valence-corrected chi connectivity index (χ2v) is 5.04. The Balaban J connectivity index is 1.88. The van der Waals surface area contributed by atoms with Gasteiger partial charge in [0.2, 0.25) is 0 Å². The number of ether oxygens (including phenoxy) is 1. The van der Waals surface area contributed by atoms with Crippen LogP contribution < -0.4 is 5.32 Å². The molecule has 0 aromatic carbocycles. The van der Waals surface area contributed by atoms with Crippen LogP contribution in [0.1, 0.15) is 12.8 Å². The van der Waals surface area contributed by atoms with E-state index in [-0.39, 0.29) is 12.6 Å². The zero-order valence-corrected chi connectivity index (χ0v) is 12.0. The van der Waals surface area contributed by atoms with Crippen molar-refractivity contribution in [2.75, 3.05) is 32.1 Å². The van der Waals surface area contributed by atoms with Crippen molar-refractivity contribution in [1.29, 1.82) is 0 Å². The van der Waals surface area contributed by atoms with Gasteiger partial charge >= 0.3 is 12.0 Å². The number of methoxy groups -OCH3 is 1. The lowest BCUT2D eigenvalue weighted by molar-refractivity contribution is -0.143. The number of amides is 2. The molecule has 2 heterocycles. The number of rotatable bonds is 5. The number of nitrogens with one attached hydrogen (secondary N) is 1. The van der Waals surface area contributed by atoms with Crippen molar-refractivity contribution in [2.24, 2.45) is 5.92 Å². The van der Waals surface area contributed by atoms with Crippen LogP contribution >= 0.6 is 0 Å². The molecule has 1 aromatic heterocycles. The van der Waals surface area contributed by atoms with Gasteiger partial charge in [0, 0.05) is 26.4 Å². The Bertz CT molecular complexity index is 502. The number of carbonyl (C=O) groups excluding carboxylic acids is 1. The smallest absolute Gasteiger partial charge is 0.321 e. The number of hydrogen-bond acceptors (Lipinski definition) is 4. The summed E-state index contributed by atoms with van der Waals surface area (Å²) >= 11 is 0. The lowest BCUT2D eigenvalue weighted by Crippen LogP contribution is -2.44. The van der Waals surface area contributed by atoms with Gasteiger partial charge in [0.05, 0.1) is 31.0 Å². The van der Waals surface area contributed by atoms with Crippen LogP contribution in [0.4, 0.5) is 10.5 Å². The van der Waals surface area contributed by atoms with Gasteiger partial charge < -0.3 is 20.1 Å². The van der Waals surface area contributed by atoms with E-state index in [1.165, 1.54) is 4.90 Å². The number of carboxylic acid groups (broad SMARTS) is 1. The number of carboxylic acids is 1. The summed E-state index contributed by atoms with van der Waals surface area (Å²) in [5.74, 6) is -1.33. The van der Waals surface area contributed by atoms with Crippen molar-refractivity contribution in [3.8, 4) is 0 Å². The van der Waals surface area contributed by atoms with Gasteiger partial charge in [-0.25, -0.2) is 4.79 Å². The van der Waals surface area contributed by atoms with Crippen LogP contribution in [0.3, 0.4) is 0 Å². The molecule has 116 valence electrons. The topological polar surface area (TPSA) is 96.7 Å². The first-order valence-corrected chi connectivity index (χ1v) is 6.90. The van der Waals surface area contributed by atoms with E-state index in [2.05, 4.69) is 10.4 Å². The number of anilines is 1. The van der Waals surface area contributed by atoms with Gasteiger partial charge in [-0.2, -0.15) is 5.10 Å². The van der Waals surface area contributed by atoms with E-state index in [0.717, 1.165) is 0 Å². The molecule has 1 aliphatic heterocycles. The predicted molar refractivity (Wildman–Crippen MR) is 75.1 cm³/mol. The first kappa shape index (κ1) is 15.3. The Morgan fingerprint density at radius 1 is 1.57 bits per heavy atom. The molecule has 2 N–H and O–H groups in total. The van der Waals surface area contributed by atoms with Crippen LogP contribution in [0.25, 0.3) is 0 Å². The zero-order chi connectivity index (χ0) is 15.2. The summed E-state index contributed by atoms with van der Waals surface area (Å²) in [7, 11) is 1.61. The summed E-state index contributed by atoms with van der Waals surface area (Å²) in [6.07, 6.45) is 4.60. The fourth-order valence-electron chi connectivity index (χ4n) is 2.30. The predicted octanol–water partition coefficient (Wildman–Crippen LogP) is 0.858. The van der Waals surface area contributed by atoms with Crippen LogP contribution in [0.2, 0.25) is 0 Å². The van der Waals surface area contributed by atoms with Crippen molar-refractivity contribution in [2.45, 2.75) is 19.4 Å². The molecule has 1 aromatic rings. The van der Waals surface area contributed by atoms with Gasteiger partial charge in [0.15, 0.2) is 0 Å². The minimum atomic E-state index is -0.847. The first-order valence-electron chi connectivity index (χ1n) is 6.90. The second-order valence-electron chi connectivity index (χ2n) is 5.04. The summed E-state index contributed by atoms with van der Waals surface area (Å²) in [4.78, 5) is 24.7. The highest BCUT2D eigenvalue weighted by molar-refractivity contribution is 5.89. The van der Waals surface area contributed by atoms with E-state index < -0.39 is 11.9 Å². The standard InChI is InChI=1S/C13H20N4O4/c1-21-6-5-17-9-11(7-14-17)15-13(20)16-4-2-3-10(8-16)12(18)19/h7,9-10H,2-6,8H2,1H3,(H,15,20)(H,18,19)/t10-/m0/s1. The quantitative estimate of drug-likeness (QED) is 0.840. The highest BCUT2D eigenvalue weighted by atomic mass is 16.5. The molecule has 0 spiro atoms. The third kappa shape index (κ3) is 4.19. The van der Waals surface area contributed by atoms with Gasteiger partial charge in [0.1, 0.15) is 0 Å². The zero-order valence-electron chi connectivity index (χ0n) is 12.0. The Kier molecular flexibility index (Phi) is 5.15. The second kappa shape index (κ2) is 7.07. The number of aromatic nitrogens is 2. The van der Waals surface area contributed by atoms with Gasteiger partial charge in [-0.15, -0.1) is 0 Å². The van der Waals surface area contributed by atoms with Crippen LogP contribution in [0.5, 0.6) is 0 Å². The first-order chi connectivity index (χ1) is 10.1. The third-order valence-electron chi connectivity index (χ3n) is 3.47. The normalized spacial score (nSPS) is 18.5. The average Bonchev–Trinajstić information content (AvgIpc) is 2.92. The number of aliphatic carboxylic acids is 1. The maximum Gasteiger partial charge on any atom is 0.321 e. The maximum atomic E-state index is 12.1. The fraction of sp³-hybridized carbons (Fsp3) is 0.615. The number of likely N-dealkylation sites (tertiary alicyclic amines) is 1. The summed E-state index contributed by atoms with van der Waals surface area (Å²) in [6.45, 7) is 1.98. The van der Waals surface area contributed by atoms with E-state index in [1.54, 1.807) is 24.2 Å². The van der Waals surface area contributed by atoms with E-state index in [9.17, 15) is 9.59 Å². The molecule has 0 unspecified atom stereocenters. The molecule has 2 rings (SSSR count). The molecule has 1 fully saturated rings. The molecule has 8 nitrogen and oxygen atoms in total. The number of urea groups is 1. The number of piperidine rings is 1. The fourth-order valence-corrected chi connectivity index (χ4v) is 2.30. The van der Waals surface area contributed by atoms with Gasteiger partial charge in [-0.05, 0) is 12.8 Å². The molecule has 2 amide bonds. The largest absolute Gasteiger partial charge is 0.481 e. The minimum absolute atomic E-state index is 0.249. The van der Waals surface area contributed by atoms with Gasteiger partial charge in [0.25, 0.3) is 0 Å². The lowest BCUT2D eigenvalue weighted by atomic mass is 9.99. The van der Waals surface area contributed by atoms with Crippen molar-refractivity contribution >= 4 is 17.7 Å².